The number of hydrogen-bond acceptors (Lipinski definition) is 1. The van der Waals surface area contributed by atoms with E-state index >= 15 is 0 Å². The molecule has 0 aliphatic rings. The van der Waals surface area contributed by atoms with E-state index in [1.807, 2.05) is 30.3 Å². The maximum absolute atomic E-state index is 11.7. The molecule has 1 amide bonds. The Morgan fingerprint density at radius 1 is 0.957 bits per heavy atom. The summed E-state index contributed by atoms with van der Waals surface area (Å²) in [7, 11) is 0. The summed E-state index contributed by atoms with van der Waals surface area (Å²) in [5, 5.41) is 3.64. The van der Waals surface area contributed by atoms with Crippen LogP contribution in [0.25, 0.3) is 6.08 Å². The van der Waals surface area contributed by atoms with Crippen LogP contribution < -0.4 is 5.32 Å². The first-order valence-corrected chi connectivity index (χ1v) is 9.31. The standard InChI is InChI=1S/C20H30ClNO/c1-2-3-4-5-6-7-8-9-10-17-22-20(23)16-13-18-11-14-19(21)15-12-18/h11-16H,2-10,17H2,1H3,(H,22,23). The van der Waals surface area contributed by atoms with Crippen LogP contribution in [0.4, 0.5) is 0 Å². The van der Waals surface area contributed by atoms with Crippen LogP contribution in [0.5, 0.6) is 0 Å². The van der Waals surface area contributed by atoms with E-state index in [9.17, 15) is 4.79 Å². The second-order valence-corrected chi connectivity index (χ2v) is 6.44. The Hall–Kier alpha value is -1.28. The monoisotopic (exact) mass is 335 g/mol. The SMILES string of the molecule is CCCCCCCCCCCNC(=O)C=Cc1ccc(Cl)cc1. The van der Waals surface area contributed by atoms with E-state index in [0.717, 1.165) is 18.5 Å². The van der Waals surface area contributed by atoms with Gasteiger partial charge in [-0.3, -0.25) is 4.79 Å². The van der Waals surface area contributed by atoms with E-state index < -0.39 is 0 Å². The number of unbranched alkanes of at least 4 members (excludes halogenated alkanes) is 8. The molecule has 128 valence electrons. The molecule has 0 aromatic heterocycles. The molecule has 0 fully saturated rings. The zero-order valence-electron chi connectivity index (χ0n) is 14.3. The molecule has 0 spiro atoms. The summed E-state index contributed by atoms with van der Waals surface area (Å²) >= 11 is 5.82. The van der Waals surface area contributed by atoms with Crippen molar-refractivity contribution in [3.63, 3.8) is 0 Å². The first kappa shape index (κ1) is 19.8. The summed E-state index contributed by atoms with van der Waals surface area (Å²) in [6.07, 6.45) is 15.1. The van der Waals surface area contributed by atoms with Gasteiger partial charge in [-0.05, 0) is 30.2 Å². The van der Waals surface area contributed by atoms with Gasteiger partial charge in [0.1, 0.15) is 0 Å². The molecule has 1 rings (SSSR count). The number of carbonyl (C=O) groups is 1. The normalized spacial score (nSPS) is 11.0. The third-order valence-electron chi connectivity index (χ3n) is 3.88. The van der Waals surface area contributed by atoms with E-state index in [-0.39, 0.29) is 5.91 Å². The van der Waals surface area contributed by atoms with Gasteiger partial charge in [-0.25, -0.2) is 0 Å². The maximum Gasteiger partial charge on any atom is 0.243 e. The van der Waals surface area contributed by atoms with Crippen molar-refractivity contribution in [2.75, 3.05) is 6.54 Å². The van der Waals surface area contributed by atoms with Gasteiger partial charge in [0, 0.05) is 17.6 Å². The number of benzene rings is 1. The Morgan fingerprint density at radius 3 is 2.13 bits per heavy atom. The second-order valence-electron chi connectivity index (χ2n) is 6.00. The van der Waals surface area contributed by atoms with E-state index in [2.05, 4.69) is 12.2 Å². The van der Waals surface area contributed by atoms with Gasteiger partial charge in [-0.15, -0.1) is 0 Å². The van der Waals surface area contributed by atoms with Crippen molar-refractivity contribution < 1.29 is 4.79 Å². The van der Waals surface area contributed by atoms with Gasteiger partial charge in [-0.1, -0.05) is 82.0 Å². The number of amides is 1. The molecule has 2 nitrogen and oxygen atoms in total. The number of carbonyl (C=O) groups excluding carboxylic acids is 1. The Bertz CT molecular complexity index is 453. The first-order chi connectivity index (χ1) is 11.2. The van der Waals surface area contributed by atoms with Crippen molar-refractivity contribution in [3.8, 4) is 0 Å². The Kier molecular flexibility index (Phi) is 11.3. The van der Waals surface area contributed by atoms with Crippen LogP contribution in [0, 0.1) is 0 Å². The third kappa shape index (κ3) is 11.0. The Balaban J connectivity index is 1.98. The van der Waals surface area contributed by atoms with Crippen molar-refractivity contribution in [2.45, 2.75) is 64.7 Å². The van der Waals surface area contributed by atoms with E-state index in [1.165, 1.54) is 51.4 Å². The molecule has 0 heterocycles. The fourth-order valence-corrected chi connectivity index (χ4v) is 2.58. The highest BCUT2D eigenvalue weighted by Crippen LogP contribution is 2.11. The van der Waals surface area contributed by atoms with Crippen molar-refractivity contribution in [1.29, 1.82) is 0 Å². The average molecular weight is 336 g/mol. The third-order valence-corrected chi connectivity index (χ3v) is 4.13. The highest BCUT2D eigenvalue weighted by atomic mass is 35.5. The molecule has 23 heavy (non-hydrogen) atoms. The van der Waals surface area contributed by atoms with Crippen molar-refractivity contribution in [1.82, 2.24) is 5.32 Å². The quantitative estimate of drug-likeness (QED) is 0.368. The van der Waals surface area contributed by atoms with Crippen LogP contribution in [-0.4, -0.2) is 12.5 Å². The number of nitrogens with one attached hydrogen (secondary N) is 1. The van der Waals surface area contributed by atoms with E-state index in [4.69, 9.17) is 11.6 Å². The van der Waals surface area contributed by atoms with Gasteiger partial charge < -0.3 is 5.32 Å². The average Bonchev–Trinajstić information content (AvgIpc) is 2.56. The van der Waals surface area contributed by atoms with E-state index in [1.54, 1.807) is 6.08 Å². The molecule has 0 saturated carbocycles. The lowest BCUT2D eigenvalue weighted by molar-refractivity contribution is -0.116. The molecular weight excluding hydrogens is 306 g/mol. The smallest absolute Gasteiger partial charge is 0.243 e. The fourth-order valence-electron chi connectivity index (χ4n) is 2.45. The van der Waals surface area contributed by atoms with Crippen molar-refractivity contribution in [3.05, 3.63) is 40.9 Å². The van der Waals surface area contributed by atoms with Gasteiger partial charge in [0.25, 0.3) is 0 Å². The van der Waals surface area contributed by atoms with Crippen molar-refractivity contribution in [2.24, 2.45) is 0 Å². The minimum absolute atomic E-state index is 0.0282. The molecule has 1 N–H and O–H groups in total. The van der Waals surface area contributed by atoms with Crippen LogP contribution in [-0.2, 0) is 4.79 Å². The molecule has 0 aliphatic carbocycles. The lowest BCUT2D eigenvalue weighted by atomic mass is 10.1. The molecular formula is C20H30ClNO. The summed E-state index contributed by atoms with van der Waals surface area (Å²) in [6, 6.07) is 7.43. The predicted octanol–water partition coefficient (Wildman–Crippen LogP) is 6.00. The zero-order chi connectivity index (χ0) is 16.8. The molecule has 0 bridgehead atoms. The molecule has 0 unspecified atom stereocenters. The molecule has 1 aromatic rings. The summed E-state index contributed by atoms with van der Waals surface area (Å²) in [4.78, 5) is 11.7. The molecule has 0 atom stereocenters. The van der Waals surface area contributed by atoms with Gasteiger partial charge in [0.2, 0.25) is 5.91 Å². The summed E-state index contributed by atoms with van der Waals surface area (Å²) in [5.74, 6) is -0.0282. The largest absolute Gasteiger partial charge is 0.353 e. The van der Waals surface area contributed by atoms with Gasteiger partial charge in [0.15, 0.2) is 0 Å². The summed E-state index contributed by atoms with van der Waals surface area (Å²) in [5.41, 5.74) is 0.979. The zero-order valence-corrected chi connectivity index (χ0v) is 15.1. The van der Waals surface area contributed by atoms with Gasteiger partial charge in [0.05, 0.1) is 0 Å². The second kappa shape index (κ2) is 13.2. The van der Waals surface area contributed by atoms with Gasteiger partial charge in [-0.2, -0.15) is 0 Å². The minimum Gasteiger partial charge on any atom is -0.353 e. The van der Waals surface area contributed by atoms with Crippen LogP contribution >= 0.6 is 11.6 Å². The van der Waals surface area contributed by atoms with Gasteiger partial charge >= 0.3 is 0 Å². The predicted molar refractivity (Wildman–Crippen MR) is 101 cm³/mol. The maximum atomic E-state index is 11.7. The highest BCUT2D eigenvalue weighted by molar-refractivity contribution is 6.30. The van der Waals surface area contributed by atoms with Crippen LogP contribution in [0.1, 0.15) is 70.3 Å². The number of rotatable bonds is 12. The fraction of sp³-hybridized carbons (Fsp3) is 0.550. The minimum atomic E-state index is -0.0282. The topological polar surface area (TPSA) is 29.1 Å². The number of hydrogen-bond donors (Lipinski definition) is 1. The molecule has 0 saturated heterocycles. The van der Waals surface area contributed by atoms with Crippen LogP contribution in [0.3, 0.4) is 0 Å². The summed E-state index contributed by atoms with van der Waals surface area (Å²) < 4.78 is 0. The Labute approximate surface area is 146 Å². The van der Waals surface area contributed by atoms with Crippen LogP contribution in [0.15, 0.2) is 30.3 Å². The summed E-state index contributed by atoms with van der Waals surface area (Å²) in [6.45, 7) is 3.01. The number of halogens is 1. The lowest BCUT2D eigenvalue weighted by Gasteiger charge is -2.03. The highest BCUT2D eigenvalue weighted by Gasteiger charge is 1.96. The molecule has 1 aromatic carbocycles. The molecule has 3 heteroatoms. The van der Waals surface area contributed by atoms with Crippen molar-refractivity contribution >= 4 is 23.6 Å². The van der Waals surface area contributed by atoms with E-state index in [0.29, 0.717) is 5.02 Å². The molecule has 0 aliphatic heterocycles. The first-order valence-electron chi connectivity index (χ1n) is 8.94. The molecule has 0 radical (unpaired) electrons. The Morgan fingerprint density at radius 2 is 1.52 bits per heavy atom. The van der Waals surface area contributed by atoms with Crippen LogP contribution in [0.2, 0.25) is 5.02 Å². The lowest BCUT2D eigenvalue weighted by Crippen LogP contribution is -2.21.